The maximum Gasteiger partial charge on any atom is 0.248 e. The highest BCUT2D eigenvalue weighted by Crippen LogP contribution is 2.35. The summed E-state index contributed by atoms with van der Waals surface area (Å²) in [5, 5.41) is 4.91. The molecule has 6 nitrogen and oxygen atoms in total. The molecule has 0 saturated carbocycles. The van der Waals surface area contributed by atoms with E-state index in [1.807, 2.05) is 44.2 Å². The molecule has 1 saturated heterocycles. The van der Waals surface area contributed by atoms with Gasteiger partial charge in [0.25, 0.3) is 0 Å². The largest absolute Gasteiger partial charge is 0.378 e. The van der Waals surface area contributed by atoms with Crippen molar-refractivity contribution in [1.29, 1.82) is 0 Å². The predicted molar refractivity (Wildman–Crippen MR) is 112 cm³/mol. The normalized spacial score (nSPS) is 17.9. The van der Waals surface area contributed by atoms with Crippen molar-refractivity contribution in [3.8, 4) is 0 Å². The Morgan fingerprint density at radius 3 is 2.82 bits per heavy atom. The van der Waals surface area contributed by atoms with E-state index in [2.05, 4.69) is 16.4 Å². The molecule has 0 atom stereocenters. The molecule has 1 aromatic carbocycles. The Morgan fingerprint density at radius 1 is 1.21 bits per heavy atom. The number of nitrogens with one attached hydrogen (secondary N) is 1. The van der Waals surface area contributed by atoms with Gasteiger partial charge in [0, 0.05) is 36.1 Å². The van der Waals surface area contributed by atoms with Gasteiger partial charge in [0.1, 0.15) is 5.03 Å². The number of pyridine rings is 1. The number of aliphatic imine (C=N–C) groups is 1. The summed E-state index contributed by atoms with van der Waals surface area (Å²) in [6, 6.07) is 12.0. The van der Waals surface area contributed by atoms with Crippen LogP contribution in [-0.4, -0.2) is 47.3 Å². The molecule has 2 aliphatic rings. The molecule has 3 heterocycles. The van der Waals surface area contributed by atoms with Gasteiger partial charge < -0.3 is 15.0 Å². The van der Waals surface area contributed by atoms with Crippen molar-refractivity contribution < 1.29 is 9.53 Å². The maximum absolute atomic E-state index is 12.7. The maximum atomic E-state index is 12.7. The van der Waals surface area contributed by atoms with E-state index in [1.54, 1.807) is 11.0 Å². The first-order valence-electron chi connectivity index (χ1n) is 9.25. The van der Waals surface area contributed by atoms with Crippen LogP contribution in [0.2, 0.25) is 0 Å². The number of carbonyl (C=O) groups is 1. The van der Waals surface area contributed by atoms with Gasteiger partial charge in [0.05, 0.1) is 18.9 Å². The predicted octanol–water partition coefficient (Wildman–Crippen LogP) is 3.47. The molecule has 7 heteroatoms. The number of anilines is 1. The second kappa shape index (κ2) is 8.16. The Bertz CT molecular complexity index is 965. The molecule has 1 fully saturated rings. The van der Waals surface area contributed by atoms with E-state index >= 15 is 0 Å². The zero-order valence-corrected chi connectivity index (χ0v) is 16.8. The summed E-state index contributed by atoms with van der Waals surface area (Å²) in [7, 11) is 0. The summed E-state index contributed by atoms with van der Waals surface area (Å²) >= 11 is 1.48. The van der Waals surface area contributed by atoms with Gasteiger partial charge in [0.15, 0.2) is 5.17 Å². The van der Waals surface area contributed by atoms with Crippen molar-refractivity contribution >= 4 is 34.2 Å². The minimum atomic E-state index is -0.0459. The molecule has 4 rings (SSSR count). The lowest BCUT2D eigenvalue weighted by Gasteiger charge is -2.26. The molecule has 1 aromatic heterocycles. The Morgan fingerprint density at radius 2 is 2.04 bits per heavy atom. The number of thioether (sulfide) groups is 1. The lowest BCUT2D eigenvalue weighted by atomic mass is 10.2. The van der Waals surface area contributed by atoms with Crippen LogP contribution < -0.4 is 5.32 Å². The third-order valence-electron chi connectivity index (χ3n) is 4.54. The molecular formula is C21H22N4O2S. The summed E-state index contributed by atoms with van der Waals surface area (Å²) in [5.41, 5.74) is 4.57. The first-order chi connectivity index (χ1) is 13.6. The number of amides is 1. The van der Waals surface area contributed by atoms with Crippen LogP contribution in [0.3, 0.4) is 0 Å². The quantitative estimate of drug-likeness (QED) is 0.790. The molecule has 144 valence electrons. The summed E-state index contributed by atoms with van der Waals surface area (Å²) < 4.78 is 5.34. The van der Waals surface area contributed by atoms with E-state index < -0.39 is 0 Å². The topological polar surface area (TPSA) is 66.8 Å². The first-order valence-corrected chi connectivity index (χ1v) is 10.1. The van der Waals surface area contributed by atoms with Crippen molar-refractivity contribution in [2.45, 2.75) is 18.9 Å². The number of carbonyl (C=O) groups excluding carboxylic acids is 1. The summed E-state index contributed by atoms with van der Waals surface area (Å²) in [4.78, 5) is 23.9. The van der Waals surface area contributed by atoms with Crippen LogP contribution in [-0.2, 0) is 9.53 Å². The van der Waals surface area contributed by atoms with Gasteiger partial charge in [0.2, 0.25) is 5.91 Å². The van der Waals surface area contributed by atoms with Crippen LogP contribution >= 0.6 is 11.8 Å². The molecule has 0 bridgehead atoms. The van der Waals surface area contributed by atoms with Gasteiger partial charge in [-0.3, -0.25) is 4.79 Å². The van der Waals surface area contributed by atoms with Gasteiger partial charge in [-0.15, -0.1) is 0 Å². The van der Waals surface area contributed by atoms with Gasteiger partial charge in [-0.1, -0.05) is 12.1 Å². The van der Waals surface area contributed by atoms with Crippen molar-refractivity contribution in [1.82, 2.24) is 9.88 Å². The molecule has 1 amide bonds. The number of ether oxygens (including phenoxy) is 1. The van der Waals surface area contributed by atoms with Crippen molar-refractivity contribution in [3.63, 3.8) is 0 Å². The molecular weight excluding hydrogens is 372 g/mol. The summed E-state index contributed by atoms with van der Waals surface area (Å²) in [6.07, 6.45) is 1.61. The van der Waals surface area contributed by atoms with Crippen molar-refractivity contribution in [3.05, 3.63) is 59.3 Å². The molecule has 1 N–H and O–H groups in total. The Balaban J connectivity index is 1.66. The fraction of sp³-hybridized carbons (Fsp3) is 0.286. The van der Waals surface area contributed by atoms with Crippen molar-refractivity contribution in [2.24, 2.45) is 4.99 Å². The zero-order chi connectivity index (χ0) is 19.5. The van der Waals surface area contributed by atoms with Crippen LogP contribution in [0.1, 0.15) is 16.8 Å². The van der Waals surface area contributed by atoms with E-state index in [1.165, 1.54) is 17.3 Å². The number of nitrogens with zero attached hydrogens (tertiary/aromatic N) is 3. The third-order valence-corrected chi connectivity index (χ3v) is 5.43. The minimum Gasteiger partial charge on any atom is -0.378 e. The standard InChI is InChI=1S/C21H22N4O2S/c1-14-4-3-5-16(12-14)23-21-24-18(13-19(26)25-8-10-27-11-9-25)17-7-6-15(2)22-20(17)28-21/h3-7,12-13H,8-11H2,1-2H3,(H,23,24)/b18-13-. The Labute approximate surface area is 168 Å². The molecule has 0 radical (unpaired) electrons. The number of aryl methyl sites for hydroxylation is 2. The lowest BCUT2D eigenvalue weighted by molar-refractivity contribution is -0.129. The van der Waals surface area contributed by atoms with E-state index in [9.17, 15) is 4.79 Å². The van der Waals surface area contributed by atoms with Crippen LogP contribution in [0.4, 0.5) is 5.69 Å². The van der Waals surface area contributed by atoms with E-state index in [4.69, 9.17) is 9.73 Å². The van der Waals surface area contributed by atoms with Crippen LogP contribution in [0.15, 0.2) is 52.5 Å². The number of rotatable bonds is 2. The summed E-state index contributed by atoms with van der Waals surface area (Å²) in [5.74, 6) is -0.0459. The molecule has 0 spiro atoms. The second-order valence-electron chi connectivity index (χ2n) is 6.79. The lowest BCUT2D eigenvalue weighted by Crippen LogP contribution is -2.39. The van der Waals surface area contributed by atoms with E-state index in [-0.39, 0.29) is 5.91 Å². The van der Waals surface area contributed by atoms with Crippen LogP contribution in [0.25, 0.3) is 5.70 Å². The van der Waals surface area contributed by atoms with Gasteiger partial charge >= 0.3 is 0 Å². The zero-order valence-electron chi connectivity index (χ0n) is 15.9. The van der Waals surface area contributed by atoms with Crippen molar-refractivity contribution in [2.75, 3.05) is 31.6 Å². The van der Waals surface area contributed by atoms with Gasteiger partial charge in [-0.2, -0.15) is 0 Å². The Kier molecular flexibility index (Phi) is 5.45. The number of hydrogen-bond acceptors (Lipinski definition) is 6. The number of hydrogen-bond donors (Lipinski definition) is 1. The number of aromatic nitrogens is 1. The molecule has 0 unspecified atom stereocenters. The number of morpholine rings is 1. The average molecular weight is 395 g/mol. The average Bonchev–Trinajstić information content (AvgIpc) is 2.68. The monoisotopic (exact) mass is 394 g/mol. The number of benzene rings is 1. The third kappa shape index (κ3) is 4.26. The number of amidine groups is 1. The smallest absolute Gasteiger partial charge is 0.248 e. The first kappa shape index (κ1) is 18.7. The SMILES string of the molecule is Cc1cccc(NC2=N/C(=C\C(=O)N3CCOCC3)c3ccc(C)nc3S2)c1. The molecule has 0 aliphatic carbocycles. The van der Waals surface area contributed by atoms with Crippen LogP contribution in [0, 0.1) is 13.8 Å². The van der Waals surface area contributed by atoms with Gasteiger partial charge in [-0.05, 0) is 55.4 Å². The highest BCUT2D eigenvalue weighted by atomic mass is 32.2. The number of fused-ring (bicyclic) bond motifs is 1. The van der Waals surface area contributed by atoms with Gasteiger partial charge in [-0.25, -0.2) is 9.98 Å². The van der Waals surface area contributed by atoms with Crippen LogP contribution in [0.5, 0.6) is 0 Å². The fourth-order valence-corrected chi connectivity index (χ4v) is 4.06. The fourth-order valence-electron chi connectivity index (χ4n) is 3.09. The molecule has 2 aliphatic heterocycles. The van der Waals surface area contributed by atoms with E-state index in [0.717, 1.165) is 22.0 Å². The van der Waals surface area contributed by atoms with E-state index in [0.29, 0.717) is 37.2 Å². The highest BCUT2D eigenvalue weighted by molar-refractivity contribution is 8.14. The highest BCUT2D eigenvalue weighted by Gasteiger charge is 2.22. The minimum absolute atomic E-state index is 0.0459. The summed E-state index contributed by atoms with van der Waals surface area (Å²) in [6.45, 7) is 6.37. The molecule has 2 aromatic rings. The Hall–Kier alpha value is -2.64. The molecule has 28 heavy (non-hydrogen) atoms. The second-order valence-corrected chi connectivity index (χ2v) is 7.76.